The molecule has 2 aliphatic heterocycles. The van der Waals surface area contributed by atoms with E-state index < -0.39 is 35.5 Å². The minimum absolute atomic E-state index is 0.000625. The molecule has 2 aliphatic rings. The van der Waals surface area contributed by atoms with Crippen LogP contribution in [0.15, 0.2) is 34.6 Å². The van der Waals surface area contributed by atoms with Gasteiger partial charge in [-0.1, -0.05) is 5.57 Å². The van der Waals surface area contributed by atoms with E-state index in [0.717, 1.165) is 0 Å². The Hall–Kier alpha value is -3.10. The lowest BCUT2D eigenvalue weighted by Crippen LogP contribution is -2.42. The number of cyclic esters (lactones) is 4. The van der Waals surface area contributed by atoms with Crippen molar-refractivity contribution < 1.29 is 38.1 Å². The summed E-state index contributed by atoms with van der Waals surface area (Å²) in [5.74, 6) is -4.85. The Morgan fingerprint density at radius 2 is 1.03 bits per heavy atom. The van der Waals surface area contributed by atoms with Crippen molar-refractivity contribution in [3.63, 3.8) is 0 Å². The third-order valence-electron chi connectivity index (χ3n) is 3.69. The SMILES string of the molecule is CC(/C=C/N(C)C)=C1C(=O)OC(C)(C)OC1=O.CC(C)=C1C(=O)OC(C)(C)OC1=O. The fourth-order valence-electron chi connectivity index (χ4n) is 2.38. The van der Waals surface area contributed by atoms with Gasteiger partial charge in [0.15, 0.2) is 0 Å². The quantitative estimate of drug-likeness (QED) is 0.376. The molecule has 30 heavy (non-hydrogen) atoms. The van der Waals surface area contributed by atoms with Gasteiger partial charge in [0.1, 0.15) is 11.1 Å². The molecular weight excluding hydrogens is 394 g/mol. The summed E-state index contributed by atoms with van der Waals surface area (Å²) < 4.78 is 19.8. The van der Waals surface area contributed by atoms with Crippen molar-refractivity contribution in [2.24, 2.45) is 0 Å². The molecule has 0 amide bonds. The standard InChI is InChI=1S/C12H17NO4.C9H12O4/c1-8(6-7-13(4)5)9-10(14)16-12(2,3)17-11(9)15;1-5(2)6-7(10)12-9(3,4)13-8(6)11/h6-7H,1-5H3;1-4H3/b7-6+;. The summed E-state index contributed by atoms with van der Waals surface area (Å²) in [5.41, 5.74) is 1.07. The second-order valence-electron chi connectivity index (χ2n) is 8.07. The average molecular weight is 423 g/mol. The Kier molecular flexibility index (Phi) is 7.60. The molecule has 0 unspecified atom stereocenters. The van der Waals surface area contributed by atoms with E-state index >= 15 is 0 Å². The van der Waals surface area contributed by atoms with Gasteiger partial charge in [-0.3, -0.25) is 0 Å². The van der Waals surface area contributed by atoms with Crippen LogP contribution in [0.25, 0.3) is 0 Å². The number of nitrogens with zero attached hydrogens (tertiary/aromatic N) is 1. The second kappa shape index (κ2) is 9.15. The van der Waals surface area contributed by atoms with E-state index in [0.29, 0.717) is 11.1 Å². The topological polar surface area (TPSA) is 108 Å². The third kappa shape index (κ3) is 6.75. The minimum atomic E-state index is -1.19. The molecule has 0 aromatic rings. The van der Waals surface area contributed by atoms with Crippen LogP contribution in [0.1, 0.15) is 48.5 Å². The van der Waals surface area contributed by atoms with Crippen LogP contribution < -0.4 is 0 Å². The largest absolute Gasteiger partial charge is 0.419 e. The lowest BCUT2D eigenvalue weighted by atomic mass is 10.1. The van der Waals surface area contributed by atoms with Crippen LogP contribution in [0.2, 0.25) is 0 Å². The summed E-state index contributed by atoms with van der Waals surface area (Å²) in [4.78, 5) is 47.7. The molecule has 0 N–H and O–H groups in total. The van der Waals surface area contributed by atoms with E-state index in [-0.39, 0.29) is 11.1 Å². The van der Waals surface area contributed by atoms with E-state index in [1.54, 1.807) is 37.9 Å². The Bertz CT molecular complexity index is 795. The van der Waals surface area contributed by atoms with Crippen LogP contribution in [0.3, 0.4) is 0 Å². The zero-order chi connectivity index (χ0) is 23.4. The van der Waals surface area contributed by atoms with Gasteiger partial charge in [-0.25, -0.2) is 19.2 Å². The Balaban J connectivity index is 0.000000311. The molecule has 0 spiro atoms. The molecule has 9 nitrogen and oxygen atoms in total. The van der Waals surface area contributed by atoms with Crippen molar-refractivity contribution >= 4 is 23.9 Å². The normalized spacial score (nSPS) is 19.8. The molecule has 0 aromatic heterocycles. The summed E-state index contributed by atoms with van der Waals surface area (Å²) in [6.07, 6.45) is 3.40. The molecule has 0 saturated carbocycles. The van der Waals surface area contributed by atoms with E-state index in [2.05, 4.69) is 0 Å². The summed E-state index contributed by atoms with van der Waals surface area (Å²) in [5, 5.41) is 0. The zero-order valence-electron chi connectivity index (χ0n) is 18.9. The number of carbonyl (C=O) groups is 4. The second-order valence-corrected chi connectivity index (χ2v) is 8.07. The molecule has 0 atom stereocenters. The fraction of sp³-hybridized carbons (Fsp3) is 0.524. The molecule has 0 aliphatic carbocycles. The van der Waals surface area contributed by atoms with Crippen LogP contribution in [-0.2, 0) is 38.1 Å². The smallest absolute Gasteiger partial charge is 0.349 e. The molecule has 0 bridgehead atoms. The predicted molar refractivity (Wildman–Crippen MR) is 106 cm³/mol. The number of carbonyl (C=O) groups excluding carboxylic acids is 4. The highest BCUT2D eigenvalue weighted by Gasteiger charge is 2.40. The number of ether oxygens (including phenoxy) is 4. The Morgan fingerprint density at radius 1 is 0.700 bits per heavy atom. The van der Waals surface area contributed by atoms with Crippen molar-refractivity contribution in [1.82, 2.24) is 4.90 Å². The number of hydrogen-bond donors (Lipinski definition) is 0. The average Bonchev–Trinajstić information content (AvgIpc) is 2.48. The lowest BCUT2D eigenvalue weighted by Gasteiger charge is -2.30. The molecule has 2 heterocycles. The van der Waals surface area contributed by atoms with Crippen LogP contribution in [0, 0.1) is 0 Å². The first kappa shape index (κ1) is 24.9. The maximum absolute atomic E-state index is 11.7. The molecular formula is C21H29NO8. The van der Waals surface area contributed by atoms with Crippen LogP contribution in [0.4, 0.5) is 0 Å². The zero-order valence-corrected chi connectivity index (χ0v) is 18.9. The molecule has 2 saturated heterocycles. The van der Waals surface area contributed by atoms with Crippen LogP contribution >= 0.6 is 0 Å². The first-order valence-corrected chi connectivity index (χ1v) is 9.22. The van der Waals surface area contributed by atoms with Gasteiger partial charge in [0.25, 0.3) is 11.6 Å². The van der Waals surface area contributed by atoms with Crippen molar-refractivity contribution in [1.29, 1.82) is 0 Å². The van der Waals surface area contributed by atoms with E-state index in [1.807, 2.05) is 14.1 Å². The lowest BCUT2D eigenvalue weighted by molar-refractivity contribution is -0.224. The van der Waals surface area contributed by atoms with Crippen molar-refractivity contribution in [2.75, 3.05) is 14.1 Å². The first-order chi connectivity index (χ1) is 13.6. The number of hydrogen-bond acceptors (Lipinski definition) is 9. The molecule has 9 heteroatoms. The van der Waals surface area contributed by atoms with E-state index in [9.17, 15) is 19.2 Å². The van der Waals surface area contributed by atoms with E-state index in [1.165, 1.54) is 27.7 Å². The highest BCUT2D eigenvalue weighted by atomic mass is 16.7. The highest BCUT2D eigenvalue weighted by Crippen LogP contribution is 2.25. The van der Waals surface area contributed by atoms with Gasteiger partial charge in [0.05, 0.1) is 0 Å². The maximum Gasteiger partial charge on any atom is 0.349 e. The monoisotopic (exact) mass is 423 g/mol. The van der Waals surface area contributed by atoms with Gasteiger partial charge < -0.3 is 23.8 Å². The highest BCUT2D eigenvalue weighted by molar-refractivity contribution is 6.16. The van der Waals surface area contributed by atoms with Gasteiger partial charge in [0, 0.05) is 41.8 Å². The molecule has 166 valence electrons. The molecule has 2 fully saturated rings. The third-order valence-corrected chi connectivity index (χ3v) is 3.69. The van der Waals surface area contributed by atoms with Gasteiger partial charge in [-0.2, -0.15) is 0 Å². The molecule has 0 radical (unpaired) electrons. The van der Waals surface area contributed by atoms with Crippen molar-refractivity contribution in [3.05, 3.63) is 34.6 Å². The summed E-state index contributed by atoms with van der Waals surface area (Å²) in [6.45, 7) is 11.1. The van der Waals surface area contributed by atoms with Crippen molar-refractivity contribution in [2.45, 2.75) is 60.0 Å². The summed E-state index contributed by atoms with van der Waals surface area (Å²) >= 11 is 0. The molecule has 0 aromatic carbocycles. The van der Waals surface area contributed by atoms with Crippen molar-refractivity contribution in [3.8, 4) is 0 Å². The van der Waals surface area contributed by atoms with E-state index in [4.69, 9.17) is 18.9 Å². The summed E-state index contributed by atoms with van der Waals surface area (Å²) in [7, 11) is 3.68. The number of rotatable bonds is 2. The van der Waals surface area contributed by atoms with Crippen LogP contribution in [0.5, 0.6) is 0 Å². The van der Waals surface area contributed by atoms with Gasteiger partial charge in [-0.05, 0) is 38.6 Å². The Labute approximate surface area is 176 Å². The minimum Gasteiger partial charge on any atom is -0.419 e. The number of allylic oxidation sites excluding steroid dienone is 3. The first-order valence-electron chi connectivity index (χ1n) is 9.22. The predicted octanol–water partition coefficient (Wildman–Crippen LogP) is 2.37. The Morgan fingerprint density at radius 3 is 1.33 bits per heavy atom. The maximum atomic E-state index is 11.7. The fourth-order valence-corrected chi connectivity index (χ4v) is 2.38. The summed E-state index contributed by atoms with van der Waals surface area (Å²) in [6, 6.07) is 0. The van der Waals surface area contributed by atoms with Crippen LogP contribution in [-0.4, -0.2) is 54.4 Å². The van der Waals surface area contributed by atoms with Gasteiger partial charge in [0.2, 0.25) is 0 Å². The van der Waals surface area contributed by atoms with Gasteiger partial charge in [-0.15, -0.1) is 0 Å². The molecule has 2 rings (SSSR count). The number of esters is 4. The van der Waals surface area contributed by atoms with Gasteiger partial charge >= 0.3 is 23.9 Å².